The lowest BCUT2D eigenvalue weighted by Gasteiger charge is -2.20. The van der Waals surface area contributed by atoms with E-state index in [1.807, 2.05) is 78.4 Å². The molecular weight excluding hydrogens is 452 g/mol. The highest BCUT2D eigenvalue weighted by Crippen LogP contribution is 2.27. The third-order valence-electron chi connectivity index (χ3n) is 5.87. The Bertz CT molecular complexity index is 1430. The lowest BCUT2D eigenvalue weighted by atomic mass is 9.86. The molecule has 35 heavy (non-hydrogen) atoms. The summed E-state index contributed by atoms with van der Waals surface area (Å²) in [7, 11) is -3.86. The molecule has 0 unspecified atom stereocenters. The topological polar surface area (TPSA) is 52.1 Å². The maximum Gasteiger partial charge on any atom is 0.218 e. The summed E-state index contributed by atoms with van der Waals surface area (Å²) in [4.78, 5) is 0.170. The Morgan fingerprint density at radius 1 is 0.800 bits per heavy atom. The summed E-state index contributed by atoms with van der Waals surface area (Å²) in [6.45, 7) is 8.43. The van der Waals surface area contributed by atoms with Gasteiger partial charge >= 0.3 is 0 Å². The predicted molar refractivity (Wildman–Crippen MR) is 142 cm³/mol. The maximum atomic E-state index is 13.0. The number of pyridine rings is 1. The van der Waals surface area contributed by atoms with Crippen LogP contribution in [0.5, 0.6) is 0 Å². The molecule has 0 saturated carbocycles. The highest BCUT2D eigenvalue weighted by atomic mass is 32.2. The molecule has 0 aliphatic heterocycles. The van der Waals surface area contributed by atoms with Gasteiger partial charge in [-0.25, -0.2) is 8.42 Å². The molecule has 0 saturated heterocycles. The van der Waals surface area contributed by atoms with Gasteiger partial charge in [0.25, 0.3) is 0 Å². The van der Waals surface area contributed by atoms with Crippen LogP contribution >= 0.6 is 0 Å². The van der Waals surface area contributed by atoms with E-state index in [0.29, 0.717) is 5.70 Å². The molecule has 5 heteroatoms. The number of aromatic nitrogens is 1. The minimum Gasteiger partial charge on any atom is -0.574 e. The zero-order chi connectivity index (χ0) is 25.1. The van der Waals surface area contributed by atoms with E-state index in [1.165, 1.54) is 11.8 Å². The standard InChI is InChI=1S/C30H30N2O2S/c1-23-13-19-27(20-14-23)35(33,34)31-22-29(25-15-17-26(18-16-25)30(2,3)4)32-21-9-8-12-28(32)24-10-6-5-7-11-24/h5-22H,1-4H3/b29-22-. The molecule has 0 spiro atoms. The predicted octanol–water partition coefficient (Wildman–Crippen LogP) is 6.86. The van der Waals surface area contributed by atoms with Gasteiger partial charge in [-0.05, 0) is 60.4 Å². The fourth-order valence-corrected chi connectivity index (χ4v) is 4.64. The molecule has 0 aliphatic rings. The van der Waals surface area contributed by atoms with Crippen molar-refractivity contribution in [3.8, 4) is 11.3 Å². The van der Waals surface area contributed by atoms with Crippen molar-refractivity contribution in [1.82, 2.24) is 0 Å². The Hall–Kier alpha value is -3.70. The maximum absolute atomic E-state index is 13.0. The number of aryl methyl sites for hydroxylation is 1. The van der Waals surface area contributed by atoms with E-state index >= 15 is 0 Å². The molecule has 1 heterocycles. The minimum atomic E-state index is -3.86. The van der Waals surface area contributed by atoms with Gasteiger partial charge in [0.1, 0.15) is 10.0 Å². The van der Waals surface area contributed by atoms with Crippen molar-refractivity contribution in [2.24, 2.45) is 0 Å². The molecule has 0 amide bonds. The summed E-state index contributed by atoms with van der Waals surface area (Å²) < 4.78 is 32.1. The molecule has 4 nitrogen and oxygen atoms in total. The average Bonchev–Trinajstić information content (AvgIpc) is 2.85. The normalized spacial score (nSPS) is 12.4. The third-order valence-corrected chi connectivity index (χ3v) is 7.12. The molecule has 178 valence electrons. The number of benzene rings is 3. The molecule has 0 aliphatic carbocycles. The van der Waals surface area contributed by atoms with Crippen molar-refractivity contribution in [3.05, 3.63) is 131 Å². The van der Waals surface area contributed by atoms with Crippen molar-refractivity contribution in [1.29, 1.82) is 0 Å². The van der Waals surface area contributed by atoms with E-state index in [-0.39, 0.29) is 10.3 Å². The van der Waals surface area contributed by atoms with Gasteiger partial charge in [0.05, 0.1) is 4.90 Å². The van der Waals surface area contributed by atoms with Gasteiger partial charge in [-0.3, -0.25) is 0 Å². The van der Waals surface area contributed by atoms with Crippen molar-refractivity contribution >= 4 is 15.7 Å². The van der Waals surface area contributed by atoms with Crippen LogP contribution in [-0.2, 0) is 15.4 Å². The fourth-order valence-electron chi connectivity index (χ4n) is 3.80. The van der Waals surface area contributed by atoms with E-state index in [0.717, 1.165) is 22.4 Å². The molecule has 0 atom stereocenters. The van der Waals surface area contributed by atoms with E-state index in [1.54, 1.807) is 24.3 Å². The summed E-state index contributed by atoms with van der Waals surface area (Å²) in [6.07, 6.45) is 3.38. The van der Waals surface area contributed by atoms with Gasteiger partial charge in [0, 0.05) is 23.3 Å². The number of rotatable bonds is 6. The van der Waals surface area contributed by atoms with Crippen LogP contribution in [-0.4, -0.2) is 8.42 Å². The van der Waals surface area contributed by atoms with E-state index < -0.39 is 10.0 Å². The Morgan fingerprint density at radius 2 is 1.43 bits per heavy atom. The SMILES string of the molecule is Cc1ccc(S(=O)(=O)[N-]/C=C(/c2ccc(C(C)(C)C)cc2)[n+]2ccccc2-c2ccccc2)cc1. The Kier molecular flexibility index (Phi) is 6.90. The Labute approximate surface area is 208 Å². The van der Waals surface area contributed by atoms with Gasteiger partial charge in [0.2, 0.25) is 5.69 Å². The zero-order valence-corrected chi connectivity index (χ0v) is 21.3. The minimum absolute atomic E-state index is 0.0106. The van der Waals surface area contributed by atoms with Crippen molar-refractivity contribution in [2.75, 3.05) is 0 Å². The molecule has 0 N–H and O–H groups in total. The average molecular weight is 483 g/mol. The smallest absolute Gasteiger partial charge is 0.218 e. The van der Waals surface area contributed by atoms with Crippen LogP contribution in [0.2, 0.25) is 0 Å². The summed E-state index contributed by atoms with van der Waals surface area (Å²) in [5.41, 5.74) is 5.69. The first-order chi connectivity index (χ1) is 16.6. The lowest BCUT2D eigenvalue weighted by Crippen LogP contribution is -2.35. The number of sulfonamides is 1. The second-order valence-corrected chi connectivity index (χ2v) is 11.2. The van der Waals surface area contributed by atoms with E-state index in [2.05, 4.69) is 37.6 Å². The van der Waals surface area contributed by atoms with Crippen LogP contribution in [0.4, 0.5) is 0 Å². The number of hydrogen-bond acceptors (Lipinski definition) is 2. The Morgan fingerprint density at radius 3 is 2.06 bits per heavy atom. The molecule has 0 bridgehead atoms. The Balaban J connectivity index is 1.83. The van der Waals surface area contributed by atoms with Crippen molar-refractivity contribution < 1.29 is 13.0 Å². The molecular formula is C30H30N2O2S. The van der Waals surface area contributed by atoms with E-state index in [4.69, 9.17) is 0 Å². The van der Waals surface area contributed by atoms with Gasteiger partial charge in [0.15, 0.2) is 11.9 Å². The van der Waals surface area contributed by atoms with Crippen LogP contribution < -0.4 is 4.57 Å². The molecule has 0 fully saturated rings. The second-order valence-electron chi connectivity index (χ2n) is 9.56. The van der Waals surface area contributed by atoms with Crippen LogP contribution in [0.1, 0.15) is 37.5 Å². The lowest BCUT2D eigenvalue weighted by molar-refractivity contribution is -0.567. The van der Waals surface area contributed by atoms with Crippen molar-refractivity contribution in [2.45, 2.75) is 38.0 Å². The monoisotopic (exact) mass is 482 g/mol. The summed E-state index contributed by atoms with van der Waals surface area (Å²) in [6, 6.07) is 30.9. The van der Waals surface area contributed by atoms with Gasteiger partial charge in [-0.2, -0.15) is 4.57 Å². The highest BCUT2D eigenvalue weighted by Gasteiger charge is 2.20. The largest absolute Gasteiger partial charge is 0.574 e. The van der Waals surface area contributed by atoms with Gasteiger partial charge < -0.3 is 4.72 Å². The third kappa shape index (κ3) is 5.69. The first-order valence-corrected chi connectivity index (χ1v) is 13.0. The van der Waals surface area contributed by atoms with Crippen LogP contribution in [0.25, 0.3) is 21.7 Å². The van der Waals surface area contributed by atoms with Gasteiger partial charge in [-0.15, -0.1) is 0 Å². The van der Waals surface area contributed by atoms with E-state index in [9.17, 15) is 8.42 Å². The fraction of sp³-hybridized carbons (Fsp3) is 0.167. The molecule has 4 aromatic rings. The second kappa shape index (κ2) is 9.88. The van der Waals surface area contributed by atoms with Crippen LogP contribution in [0.15, 0.2) is 114 Å². The highest BCUT2D eigenvalue weighted by molar-refractivity contribution is 7.94. The van der Waals surface area contributed by atoms with Crippen molar-refractivity contribution in [3.63, 3.8) is 0 Å². The molecule has 1 aromatic heterocycles. The number of nitrogens with zero attached hydrogens (tertiary/aromatic N) is 2. The van der Waals surface area contributed by atoms with Crippen LogP contribution in [0.3, 0.4) is 0 Å². The molecule has 0 radical (unpaired) electrons. The first kappa shape index (κ1) is 24.4. The van der Waals surface area contributed by atoms with Crippen LogP contribution in [0, 0.1) is 6.92 Å². The summed E-state index contributed by atoms with van der Waals surface area (Å²) >= 11 is 0. The first-order valence-electron chi connectivity index (χ1n) is 11.6. The number of hydrogen-bond donors (Lipinski definition) is 0. The summed E-state index contributed by atoms with van der Waals surface area (Å²) in [5, 5.41) is 0. The molecule has 4 rings (SSSR count). The zero-order valence-electron chi connectivity index (χ0n) is 20.5. The molecule has 3 aromatic carbocycles. The quantitative estimate of drug-likeness (QED) is 0.282. The van der Waals surface area contributed by atoms with Gasteiger partial charge in [-0.1, -0.05) is 75.0 Å². The summed E-state index contributed by atoms with van der Waals surface area (Å²) in [5.74, 6) is 0.